The van der Waals surface area contributed by atoms with Crippen molar-refractivity contribution in [1.29, 1.82) is 0 Å². The second kappa shape index (κ2) is 4.42. The molecule has 72 valence electrons. The Kier molecular flexibility index (Phi) is 4.19. The molecule has 0 aromatic carbocycles. The highest BCUT2D eigenvalue weighted by Crippen LogP contribution is 2.04. The van der Waals surface area contributed by atoms with Crippen LogP contribution >= 0.6 is 0 Å². The van der Waals surface area contributed by atoms with Gasteiger partial charge in [0.2, 0.25) is 10.0 Å². The average Bonchev–Trinajstić information content (AvgIpc) is 1.97. The van der Waals surface area contributed by atoms with Crippen LogP contribution in [0.15, 0.2) is 0 Å². The Labute approximate surface area is 71.9 Å². The van der Waals surface area contributed by atoms with E-state index in [-0.39, 0.29) is 12.8 Å². The normalized spacial score (nSPS) is 13.9. The first-order valence-corrected chi connectivity index (χ1v) is 5.07. The fourth-order valence-corrected chi connectivity index (χ4v) is 1.03. The molecule has 0 aliphatic heterocycles. The quantitative estimate of drug-likeness (QED) is 0.619. The molecular formula is C6H13NO4S. The molecule has 0 fully saturated rings. The standard InChI is InChI=1S/C6H13NO4S/c1-5(12(7,9)10)3-4-6(8)11-2/h5H,3-4H2,1-2H3,(H2,7,9,10). The van der Waals surface area contributed by atoms with Gasteiger partial charge in [0, 0.05) is 6.42 Å². The van der Waals surface area contributed by atoms with Crippen LogP contribution in [-0.2, 0) is 19.6 Å². The van der Waals surface area contributed by atoms with Crippen molar-refractivity contribution in [3.05, 3.63) is 0 Å². The highest BCUT2D eigenvalue weighted by molar-refractivity contribution is 7.89. The van der Waals surface area contributed by atoms with Crippen LogP contribution in [0.3, 0.4) is 0 Å². The van der Waals surface area contributed by atoms with E-state index in [1.54, 1.807) is 0 Å². The van der Waals surface area contributed by atoms with Gasteiger partial charge in [0.1, 0.15) is 0 Å². The van der Waals surface area contributed by atoms with Gasteiger partial charge < -0.3 is 4.74 Å². The van der Waals surface area contributed by atoms with Crippen LogP contribution in [0.5, 0.6) is 0 Å². The Morgan fingerprint density at radius 1 is 1.58 bits per heavy atom. The number of nitrogens with two attached hydrogens (primary N) is 1. The van der Waals surface area contributed by atoms with E-state index >= 15 is 0 Å². The molecular weight excluding hydrogens is 182 g/mol. The number of hydrogen-bond acceptors (Lipinski definition) is 4. The van der Waals surface area contributed by atoms with E-state index in [4.69, 9.17) is 5.14 Å². The zero-order valence-corrected chi connectivity index (χ0v) is 7.93. The summed E-state index contributed by atoms with van der Waals surface area (Å²) in [5, 5.41) is 4.13. The number of rotatable bonds is 4. The summed E-state index contributed by atoms with van der Waals surface area (Å²) in [6, 6.07) is 0. The summed E-state index contributed by atoms with van der Waals surface area (Å²) < 4.78 is 25.7. The van der Waals surface area contributed by atoms with E-state index in [2.05, 4.69) is 4.74 Å². The number of ether oxygens (including phenoxy) is 1. The molecule has 0 bridgehead atoms. The van der Waals surface area contributed by atoms with Gasteiger partial charge in [-0.05, 0) is 13.3 Å². The number of methoxy groups -OCH3 is 1. The summed E-state index contributed by atoms with van der Waals surface area (Å²) in [6.07, 6.45) is 0.277. The first-order chi connectivity index (χ1) is 5.38. The predicted molar refractivity (Wildman–Crippen MR) is 43.8 cm³/mol. The lowest BCUT2D eigenvalue weighted by molar-refractivity contribution is -0.140. The molecule has 0 radical (unpaired) electrons. The number of primary sulfonamides is 1. The molecule has 0 aliphatic rings. The van der Waals surface area contributed by atoms with Gasteiger partial charge in [0.15, 0.2) is 0 Å². The Hall–Kier alpha value is -0.620. The molecule has 0 aliphatic carbocycles. The van der Waals surface area contributed by atoms with Crippen LogP contribution < -0.4 is 5.14 Å². The minimum atomic E-state index is -3.51. The lowest BCUT2D eigenvalue weighted by atomic mass is 10.2. The molecule has 0 amide bonds. The smallest absolute Gasteiger partial charge is 0.305 e. The summed E-state index contributed by atoms with van der Waals surface area (Å²) in [7, 11) is -2.26. The number of carbonyl (C=O) groups excluding carboxylic acids is 1. The fraction of sp³-hybridized carbons (Fsp3) is 0.833. The van der Waals surface area contributed by atoms with Crippen LogP contribution in [0.2, 0.25) is 0 Å². The van der Waals surface area contributed by atoms with Gasteiger partial charge in [-0.15, -0.1) is 0 Å². The Morgan fingerprint density at radius 2 is 2.08 bits per heavy atom. The second-order valence-electron chi connectivity index (χ2n) is 2.51. The number of hydrogen-bond donors (Lipinski definition) is 1. The molecule has 0 saturated heterocycles. The average molecular weight is 195 g/mol. The lowest BCUT2D eigenvalue weighted by Gasteiger charge is -2.06. The molecule has 1 unspecified atom stereocenters. The molecule has 0 aromatic rings. The summed E-state index contributed by atoms with van der Waals surface area (Å²) in [5.41, 5.74) is 0. The monoisotopic (exact) mass is 195 g/mol. The van der Waals surface area contributed by atoms with Crippen LogP contribution in [0, 0.1) is 0 Å². The van der Waals surface area contributed by atoms with Crippen LogP contribution in [0.4, 0.5) is 0 Å². The van der Waals surface area contributed by atoms with Gasteiger partial charge in [-0.2, -0.15) is 0 Å². The number of carbonyl (C=O) groups is 1. The SMILES string of the molecule is COC(=O)CCC(C)S(N)(=O)=O. The van der Waals surface area contributed by atoms with E-state index in [0.717, 1.165) is 0 Å². The van der Waals surface area contributed by atoms with Crippen molar-refractivity contribution in [2.24, 2.45) is 5.14 Å². The third kappa shape index (κ3) is 4.30. The molecule has 2 N–H and O–H groups in total. The summed E-state index contributed by atoms with van der Waals surface area (Å²) >= 11 is 0. The third-order valence-electron chi connectivity index (χ3n) is 1.54. The lowest BCUT2D eigenvalue weighted by Crippen LogP contribution is -2.26. The van der Waals surface area contributed by atoms with Crippen LogP contribution in [0.25, 0.3) is 0 Å². The maximum absolute atomic E-state index is 10.7. The van der Waals surface area contributed by atoms with E-state index in [1.807, 2.05) is 0 Å². The topological polar surface area (TPSA) is 86.5 Å². The van der Waals surface area contributed by atoms with E-state index in [1.165, 1.54) is 14.0 Å². The maximum Gasteiger partial charge on any atom is 0.305 e. The van der Waals surface area contributed by atoms with E-state index < -0.39 is 21.2 Å². The molecule has 12 heavy (non-hydrogen) atoms. The summed E-state index contributed by atoms with van der Waals surface area (Å²) in [6.45, 7) is 1.46. The minimum Gasteiger partial charge on any atom is -0.469 e. The highest BCUT2D eigenvalue weighted by atomic mass is 32.2. The predicted octanol–water partition coefficient (Wildman–Crippen LogP) is -0.383. The van der Waals surface area contributed by atoms with Crippen LogP contribution in [-0.4, -0.2) is 26.7 Å². The van der Waals surface area contributed by atoms with Gasteiger partial charge in [-0.1, -0.05) is 0 Å². The van der Waals surface area contributed by atoms with Gasteiger partial charge >= 0.3 is 5.97 Å². The molecule has 6 heteroatoms. The Morgan fingerprint density at radius 3 is 2.42 bits per heavy atom. The van der Waals surface area contributed by atoms with Gasteiger partial charge in [0.25, 0.3) is 0 Å². The Bertz CT molecular complexity index is 246. The van der Waals surface area contributed by atoms with Gasteiger partial charge in [-0.3, -0.25) is 4.79 Å². The van der Waals surface area contributed by atoms with Crippen molar-refractivity contribution in [2.45, 2.75) is 25.0 Å². The first-order valence-electron chi connectivity index (χ1n) is 3.46. The first kappa shape index (κ1) is 11.4. The molecule has 1 atom stereocenters. The van der Waals surface area contributed by atoms with Crippen molar-refractivity contribution in [3.8, 4) is 0 Å². The molecule has 0 aromatic heterocycles. The Balaban J connectivity index is 3.88. The van der Waals surface area contributed by atoms with Crippen molar-refractivity contribution in [1.82, 2.24) is 0 Å². The van der Waals surface area contributed by atoms with E-state index in [0.29, 0.717) is 0 Å². The molecule has 0 rings (SSSR count). The second-order valence-corrected chi connectivity index (χ2v) is 4.50. The van der Waals surface area contributed by atoms with Crippen molar-refractivity contribution < 1.29 is 17.9 Å². The largest absolute Gasteiger partial charge is 0.469 e. The zero-order valence-electron chi connectivity index (χ0n) is 7.11. The zero-order chi connectivity index (χ0) is 9.78. The highest BCUT2D eigenvalue weighted by Gasteiger charge is 2.16. The number of sulfonamides is 1. The van der Waals surface area contributed by atoms with Crippen molar-refractivity contribution in [2.75, 3.05) is 7.11 Å². The molecule has 0 heterocycles. The molecule has 0 spiro atoms. The minimum absolute atomic E-state index is 0.0775. The van der Waals surface area contributed by atoms with Gasteiger partial charge in [0.05, 0.1) is 12.4 Å². The number of esters is 1. The van der Waals surface area contributed by atoms with Crippen LogP contribution in [0.1, 0.15) is 19.8 Å². The fourth-order valence-electron chi connectivity index (χ4n) is 0.587. The molecule has 0 saturated carbocycles. The van der Waals surface area contributed by atoms with Crippen molar-refractivity contribution in [3.63, 3.8) is 0 Å². The molecule has 5 nitrogen and oxygen atoms in total. The van der Waals surface area contributed by atoms with Crippen molar-refractivity contribution >= 4 is 16.0 Å². The van der Waals surface area contributed by atoms with E-state index in [9.17, 15) is 13.2 Å². The third-order valence-corrected chi connectivity index (χ3v) is 2.90. The maximum atomic E-state index is 10.7. The van der Waals surface area contributed by atoms with Gasteiger partial charge in [-0.25, -0.2) is 13.6 Å². The summed E-state index contributed by atoms with van der Waals surface area (Å²) in [5.74, 6) is -0.425. The summed E-state index contributed by atoms with van der Waals surface area (Å²) in [4.78, 5) is 10.6.